The molecule has 20 heavy (non-hydrogen) atoms. The molecule has 0 saturated heterocycles. The predicted octanol–water partition coefficient (Wildman–Crippen LogP) is 3.18. The average Bonchev–Trinajstić information content (AvgIpc) is 2.84. The summed E-state index contributed by atoms with van der Waals surface area (Å²) in [5.74, 6) is -1.06. The minimum atomic E-state index is -0.885. The van der Waals surface area contributed by atoms with Crippen molar-refractivity contribution in [1.82, 2.24) is 4.90 Å². The zero-order chi connectivity index (χ0) is 14.8. The van der Waals surface area contributed by atoms with Crippen LogP contribution < -0.4 is 0 Å². The van der Waals surface area contributed by atoms with Gasteiger partial charge in [-0.1, -0.05) is 19.3 Å². The summed E-state index contributed by atoms with van der Waals surface area (Å²) >= 11 is 5.68. The zero-order valence-electron chi connectivity index (χ0n) is 11.4. The number of rotatable bonds is 4. The van der Waals surface area contributed by atoms with E-state index >= 15 is 0 Å². The molecule has 5 nitrogen and oxygen atoms in total. The van der Waals surface area contributed by atoms with Gasteiger partial charge in [-0.25, -0.2) is 0 Å². The van der Waals surface area contributed by atoms with Crippen molar-refractivity contribution in [3.8, 4) is 0 Å². The number of carboxylic acid groups (broad SMARTS) is 1. The number of hydrogen-bond donors (Lipinski definition) is 1. The predicted molar refractivity (Wildman–Crippen MR) is 73.9 cm³/mol. The van der Waals surface area contributed by atoms with E-state index in [1.807, 2.05) is 0 Å². The Morgan fingerprint density at radius 2 is 2.00 bits per heavy atom. The average molecular weight is 300 g/mol. The molecule has 1 heterocycles. The Bertz CT molecular complexity index is 505. The lowest BCUT2D eigenvalue weighted by Gasteiger charge is -2.43. The van der Waals surface area contributed by atoms with Crippen molar-refractivity contribution in [2.75, 3.05) is 7.05 Å². The number of furan rings is 1. The molecule has 0 unspecified atom stereocenters. The van der Waals surface area contributed by atoms with Crippen molar-refractivity contribution in [2.24, 2.45) is 0 Å². The first-order valence-corrected chi connectivity index (χ1v) is 7.08. The zero-order valence-corrected chi connectivity index (χ0v) is 12.2. The first-order valence-electron chi connectivity index (χ1n) is 6.70. The molecule has 1 aromatic rings. The van der Waals surface area contributed by atoms with Crippen molar-refractivity contribution in [3.05, 3.63) is 23.1 Å². The summed E-state index contributed by atoms with van der Waals surface area (Å²) in [5.41, 5.74) is -0.625. The molecule has 1 saturated carbocycles. The molecule has 1 aliphatic carbocycles. The Hall–Kier alpha value is -1.49. The number of carboxylic acids is 1. The summed E-state index contributed by atoms with van der Waals surface area (Å²) in [4.78, 5) is 25.1. The van der Waals surface area contributed by atoms with Gasteiger partial charge in [-0.3, -0.25) is 9.59 Å². The summed E-state index contributed by atoms with van der Waals surface area (Å²) in [6, 6.07) is 3.02. The SMILES string of the molecule is CN(C(=O)c1ccc(Cl)o1)C1(CC(=O)O)CCCCC1. The lowest BCUT2D eigenvalue weighted by Crippen LogP contribution is -2.52. The van der Waals surface area contributed by atoms with Crippen LogP contribution in [0.4, 0.5) is 0 Å². The molecule has 1 fully saturated rings. The molecule has 0 bridgehead atoms. The number of halogens is 1. The third kappa shape index (κ3) is 2.98. The van der Waals surface area contributed by atoms with E-state index in [1.165, 1.54) is 17.0 Å². The van der Waals surface area contributed by atoms with E-state index in [0.29, 0.717) is 12.8 Å². The molecule has 0 aromatic carbocycles. The second-order valence-electron chi connectivity index (χ2n) is 5.32. The van der Waals surface area contributed by atoms with Gasteiger partial charge in [0.2, 0.25) is 0 Å². The third-order valence-electron chi connectivity index (χ3n) is 4.06. The second-order valence-corrected chi connectivity index (χ2v) is 5.70. The van der Waals surface area contributed by atoms with E-state index in [2.05, 4.69) is 0 Å². The van der Waals surface area contributed by atoms with Gasteiger partial charge in [0, 0.05) is 7.05 Å². The van der Waals surface area contributed by atoms with Crippen molar-refractivity contribution in [1.29, 1.82) is 0 Å². The Labute approximate surface area is 122 Å². The first kappa shape index (κ1) is 14.9. The number of carbonyl (C=O) groups excluding carboxylic acids is 1. The van der Waals surface area contributed by atoms with Gasteiger partial charge in [0.1, 0.15) is 0 Å². The Balaban J connectivity index is 2.23. The number of hydrogen-bond acceptors (Lipinski definition) is 3. The van der Waals surface area contributed by atoms with Crippen molar-refractivity contribution < 1.29 is 19.1 Å². The fraction of sp³-hybridized carbons (Fsp3) is 0.571. The molecule has 0 atom stereocenters. The van der Waals surface area contributed by atoms with Gasteiger partial charge in [0.25, 0.3) is 5.91 Å². The largest absolute Gasteiger partial charge is 0.481 e. The summed E-state index contributed by atoms with van der Waals surface area (Å²) in [7, 11) is 1.65. The van der Waals surface area contributed by atoms with Gasteiger partial charge in [-0.2, -0.15) is 0 Å². The Kier molecular flexibility index (Phi) is 4.38. The highest BCUT2D eigenvalue weighted by Gasteiger charge is 2.41. The van der Waals surface area contributed by atoms with Crippen molar-refractivity contribution >= 4 is 23.5 Å². The van der Waals surface area contributed by atoms with Crippen LogP contribution in [0, 0.1) is 0 Å². The van der Waals surface area contributed by atoms with Crippen LogP contribution in [0.1, 0.15) is 49.1 Å². The van der Waals surface area contributed by atoms with Gasteiger partial charge in [-0.05, 0) is 36.6 Å². The fourth-order valence-corrected chi connectivity index (χ4v) is 3.08. The maximum absolute atomic E-state index is 12.4. The van der Waals surface area contributed by atoms with Gasteiger partial charge in [-0.15, -0.1) is 0 Å². The highest BCUT2D eigenvalue weighted by Crippen LogP contribution is 2.36. The van der Waals surface area contributed by atoms with E-state index in [9.17, 15) is 9.59 Å². The van der Waals surface area contributed by atoms with E-state index < -0.39 is 11.5 Å². The fourth-order valence-electron chi connectivity index (χ4n) is 2.93. The molecule has 0 spiro atoms. The molecule has 1 amide bonds. The molecule has 110 valence electrons. The first-order chi connectivity index (χ1) is 9.44. The molecule has 2 rings (SSSR count). The number of carbonyl (C=O) groups is 2. The smallest absolute Gasteiger partial charge is 0.305 e. The number of nitrogens with zero attached hydrogens (tertiary/aromatic N) is 1. The maximum atomic E-state index is 12.4. The van der Waals surface area contributed by atoms with Crippen molar-refractivity contribution in [3.63, 3.8) is 0 Å². The minimum absolute atomic E-state index is 0.0380. The molecule has 6 heteroatoms. The summed E-state index contributed by atoms with van der Waals surface area (Å²) < 4.78 is 5.13. The highest BCUT2D eigenvalue weighted by molar-refractivity contribution is 6.29. The lowest BCUT2D eigenvalue weighted by molar-refractivity contribution is -0.140. The van der Waals surface area contributed by atoms with Crippen LogP contribution in [0.15, 0.2) is 16.5 Å². The standard InChI is InChI=1S/C14H18ClNO4/c1-16(13(19)10-5-6-11(15)20-10)14(9-12(17)18)7-3-2-4-8-14/h5-6H,2-4,7-9H2,1H3,(H,17,18). The maximum Gasteiger partial charge on any atom is 0.305 e. The van der Waals surface area contributed by atoms with E-state index in [0.717, 1.165) is 19.3 Å². The normalized spacial score (nSPS) is 17.7. The van der Waals surface area contributed by atoms with Crippen LogP contribution in [0.3, 0.4) is 0 Å². The van der Waals surface area contributed by atoms with E-state index in [4.69, 9.17) is 21.1 Å². The summed E-state index contributed by atoms with van der Waals surface area (Å²) in [6.07, 6.45) is 4.32. The second kappa shape index (κ2) is 5.87. The molecular weight excluding hydrogens is 282 g/mol. The van der Waals surface area contributed by atoms with Crippen LogP contribution in [0.5, 0.6) is 0 Å². The quantitative estimate of drug-likeness (QED) is 0.927. The Morgan fingerprint density at radius 1 is 1.35 bits per heavy atom. The number of aliphatic carboxylic acids is 1. The molecule has 0 radical (unpaired) electrons. The summed E-state index contributed by atoms with van der Waals surface area (Å²) in [5, 5.41) is 9.30. The lowest BCUT2D eigenvalue weighted by atomic mass is 9.78. The molecule has 1 aromatic heterocycles. The van der Waals surface area contributed by atoms with E-state index in [-0.39, 0.29) is 23.3 Å². The topological polar surface area (TPSA) is 70.8 Å². The number of amides is 1. The van der Waals surface area contributed by atoms with Gasteiger partial charge in [0.05, 0.1) is 12.0 Å². The highest BCUT2D eigenvalue weighted by atomic mass is 35.5. The van der Waals surface area contributed by atoms with Gasteiger partial charge in [0.15, 0.2) is 11.0 Å². The third-order valence-corrected chi connectivity index (χ3v) is 4.27. The van der Waals surface area contributed by atoms with Gasteiger partial charge >= 0.3 is 5.97 Å². The van der Waals surface area contributed by atoms with Gasteiger partial charge < -0.3 is 14.4 Å². The van der Waals surface area contributed by atoms with Crippen LogP contribution in [-0.2, 0) is 4.79 Å². The Morgan fingerprint density at radius 3 is 2.50 bits per heavy atom. The summed E-state index contributed by atoms with van der Waals surface area (Å²) in [6.45, 7) is 0. The van der Waals surface area contributed by atoms with Crippen LogP contribution in [0.2, 0.25) is 5.22 Å². The van der Waals surface area contributed by atoms with Crippen LogP contribution in [0.25, 0.3) is 0 Å². The minimum Gasteiger partial charge on any atom is -0.481 e. The molecular formula is C14H18ClNO4. The monoisotopic (exact) mass is 299 g/mol. The molecule has 1 aliphatic rings. The van der Waals surface area contributed by atoms with Crippen LogP contribution >= 0.6 is 11.6 Å². The van der Waals surface area contributed by atoms with E-state index in [1.54, 1.807) is 7.05 Å². The van der Waals surface area contributed by atoms with Crippen molar-refractivity contribution in [2.45, 2.75) is 44.1 Å². The van der Waals surface area contributed by atoms with Crippen LogP contribution in [-0.4, -0.2) is 34.5 Å². The molecule has 1 N–H and O–H groups in total. The molecule has 0 aliphatic heterocycles.